The summed E-state index contributed by atoms with van der Waals surface area (Å²) in [4.78, 5) is 16.0. The number of piperazine rings is 1. The molecule has 0 unspecified atom stereocenters. The molecule has 1 heterocycles. The van der Waals surface area contributed by atoms with Gasteiger partial charge in [-0.2, -0.15) is 0 Å². The fourth-order valence-electron chi connectivity index (χ4n) is 3.18. The largest absolute Gasteiger partial charge is 0.327 e. The zero-order valence-electron chi connectivity index (χ0n) is 13.6. The highest BCUT2D eigenvalue weighted by Gasteiger charge is 2.26. The van der Waals surface area contributed by atoms with Crippen molar-refractivity contribution in [1.29, 1.82) is 0 Å². The number of hydrogen-bond donors (Lipinski definition) is 1. The second-order valence-corrected chi connectivity index (χ2v) is 6.66. The average molecular weight is 330 g/mol. The van der Waals surface area contributed by atoms with E-state index in [-0.39, 0.29) is 5.91 Å². The fraction of sp³-hybridized carbons (Fsp3) is 0.316. The van der Waals surface area contributed by atoms with Crippen LogP contribution in [0.4, 0.5) is 5.69 Å². The van der Waals surface area contributed by atoms with Crippen molar-refractivity contribution >= 4 is 23.2 Å². The van der Waals surface area contributed by atoms with Crippen molar-refractivity contribution in [3.05, 3.63) is 64.2 Å². The summed E-state index contributed by atoms with van der Waals surface area (Å²) in [5.74, 6) is 0.135. The molecule has 1 N–H and O–H groups in total. The van der Waals surface area contributed by atoms with Crippen LogP contribution < -0.4 is 4.90 Å². The summed E-state index contributed by atoms with van der Waals surface area (Å²) >= 11 is 6.13. The van der Waals surface area contributed by atoms with Crippen LogP contribution >= 0.6 is 11.6 Å². The van der Waals surface area contributed by atoms with Crippen LogP contribution in [-0.2, 0) is 0 Å². The van der Waals surface area contributed by atoms with E-state index in [0.717, 1.165) is 42.3 Å². The molecule has 3 nitrogen and oxygen atoms in total. The van der Waals surface area contributed by atoms with E-state index >= 15 is 0 Å². The van der Waals surface area contributed by atoms with Crippen molar-refractivity contribution < 1.29 is 9.69 Å². The molecule has 0 atom stereocenters. The van der Waals surface area contributed by atoms with Crippen molar-refractivity contribution in [2.45, 2.75) is 13.8 Å². The predicted molar refractivity (Wildman–Crippen MR) is 93.6 cm³/mol. The maximum Gasteiger partial charge on any atom is 0.254 e. The highest BCUT2D eigenvalue weighted by atomic mass is 35.5. The lowest BCUT2D eigenvalue weighted by molar-refractivity contribution is -0.837. The minimum absolute atomic E-state index is 0.135. The Bertz CT molecular complexity index is 721. The Morgan fingerprint density at radius 3 is 2.52 bits per heavy atom. The van der Waals surface area contributed by atoms with Gasteiger partial charge in [0.15, 0.2) is 0 Å². The highest BCUT2D eigenvalue weighted by molar-refractivity contribution is 6.30. The number of nitrogens with zero attached hydrogens (tertiary/aromatic N) is 1. The SMILES string of the molecule is Cc1cccc(C(=O)N2CC[NH+](c3cc(Cl)ccc3C)CC2)c1. The van der Waals surface area contributed by atoms with Gasteiger partial charge in [0.1, 0.15) is 5.69 Å². The van der Waals surface area contributed by atoms with E-state index in [1.807, 2.05) is 48.2 Å². The molecule has 2 aromatic rings. The van der Waals surface area contributed by atoms with E-state index in [1.54, 1.807) is 0 Å². The van der Waals surface area contributed by atoms with Gasteiger partial charge in [0, 0.05) is 22.2 Å². The van der Waals surface area contributed by atoms with Crippen LogP contribution in [0.2, 0.25) is 5.02 Å². The molecule has 1 fully saturated rings. The lowest BCUT2D eigenvalue weighted by Gasteiger charge is -2.32. The molecule has 3 rings (SSSR count). The van der Waals surface area contributed by atoms with Gasteiger partial charge in [-0.15, -0.1) is 0 Å². The van der Waals surface area contributed by atoms with Crippen LogP contribution in [0.25, 0.3) is 0 Å². The van der Waals surface area contributed by atoms with Crippen molar-refractivity contribution in [3.8, 4) is 0 Å². The maximum atomic E-state index is 12.6. The number of nitrogens with one attached hydrogen (secondary N) is 1. The van der Waals surface area contributed by atoms with E-state index in [1.165, 1.54) is 16.2 Å². The number of benzene rings is 2. The first-order valence-corrected chi connectivity index (χ1v) is 8.39. The molecule has 1 aliphatic heterocycles. The van der Waals surface area contributed by atoms with Crippen molar-refractivity contribution in [2.24, 2.45) is 0 Å². The monoisotopic (exact) mass is 329 g/mol. The summed E-state index contributed by atoms with van der Waals surface area (Å²) in [7, 11) is 0. The van der Waals surface area contributed by atoms with Crippen LogP contribution in [0.1, 0.15) is 21.5 Å². The molecule has 1 amide bonds. The zero-order valence-corrected chi connectivity index (χ0v) is 14.4. The van der Waals surface area contributed by atoms with Gasteiger partial charge >= 0.3 is 0 Å². The molecule has 120 valence electrons. The number of rotatable bonds is 2. The number of hydrogen-bond acceptors (Lipinski definition) is 1. The predicted octanol–water partition coefficient (Wildman–Crippen LogP) is 2.63. The Morgan fingerprint density at radius 1 is 1.09 bits per heavy atom. The second kappa shape index (κ2) is 6.73. The normalized spacial score (nSPS) is 15.7. The van der Waals surface area contributed by atoms with Crippen LogP contribution in [0.15, 0.2) is 42.5 Å². The van der Waals surface area contributed by atoms with Gasteiger partial charge in [-0.1, -0.05) is 35.4 Å². The molecule has 0 saturated carbocycles. The van der Waals surface area contributed by atoms with Crippen LogP contribution in [0.3, 0.4) is 0 Å². The number of amides is 1. The van der Waals surface area contributed by atoms with Crippen LogP contribution in [-0.4, -0.2) is 37.0 Å². The third-order valence-corrected chi connectivity index (χ3v) is 4.73. The first-order chi connectivity index (χ1) is 11.0. The quantitative estimate of drug-likeness (QED) is 0.900. The molecule has 0 aliphatic carbocycles. The van der Waals surface area contributed by atoms with E-state index in [4.69, 9.17) is 11.6 Å². The van der Waals surface area contributed by atoms with Gasteiger partial charge in [0.05, 0.1) is 26.2 Å². The Balaban J connectivity index is 1.69. The highest BCUT2D eigenvalue weighted by Crippen LogP contribution is 2.17. The maximum absolute atomic E-state index is 12.6. The van der Waals surface area contributed by atoms with E-state index < -0.39 is 0 Å². The Morgan fingerprint density at radius 2 is 1.83 bits per heavy atom. The summed E-state index contributed by atoms with van der Waals surface area (Å²) in [6, 6.07) is 13.9. The second-order valence-electron chi connectivity index (χ2n) is 6.22. The molecular formula is C19H22ClN2O+. The van der Waals surface area contributed by atoms with Gasteiger partial charge in [0.25, 0.3) is 5.91 Å². The van der Waals surface area contributed by atoms with Gasteiger partial charge in [-0.05, 0) is 32.0 Å². The summed E-state index contributed by atoms with van der Waals surface area (Å²) in [5.41, 5.74) is 4.41. The number of carbonyl (C=O) groups excluding carboxylic acids is 1. The third-order valence-electron chi connectivity index (χ3n) is 4.50. The van der Waals surface area contributed by atoms with E-state index in [0.29, 0.717) is 0 Å². The van der Waals surface area contributed by atoms with Gasteiger partial charge in [-0.25, -0.2) is 0 Å². The molecular weight excluding hydrogens is 308 g/mol. The minimum Gasteiger partial charge on any atom is -0.327 e. The van der Waals surface area contributed by atoms with Crippen molar-refractivity contribution in [2.75, 3.05) is 26.2 Å². The number of carbonyl (C=O) groups is 1. The van der Waals surface area contributed by atoms with Crippen molar-refractivity contribution in [3.63, 3.8) is 0 Å². The number of halogens is 1. The Hall–Kier alpha value is -1.84. The Labute approximate surface area is 142 Å². The molecule has 23 heavy (non-hydrogen) atoms. The smallest absolute Gasteiger partial charge is 0.254 e. The van der Waals surface area contributed by atoms with Crippen LogP contribution in [0, 0.1) is 13.8 Å². The first-order valence-electron chi connectivity index (χ1n) is 8.02. The molecule has 0 bridgehead atoms. The standard InChI is InChI=1S/C19H21ClN2O/c1-14-4-3-5-16(12-14)19(23)22-10-8-21(9-11-22)18-13-17(20)7-6-15(18)2/h3-7,12-13H,8-11H2,1-2H3/p+1. The molecule has 0 spiro atoms. The average Bonchev–Trinajstić information content (AvgIpc) is 2.56. The van der Waals surface area contributed by atoms with Gasteiger partial charge in [0.2, 0.25) is 0 Å². The van der Waals surface area contributed by atoms with Crippen LogP contribution in [0.5, 0.6) is 0 Å². The zero-order chi connectivity index (χ0) is 16.4. The van der Waals surface area contributed by atoms with Gasteiger partial charge in [-0.3, -0.25) is 9.69 Å². The summed E-state index contributed by atoms with van der Waals surface area (Å²) in [6.07, 6.45) is 0. The molecule has 1 aliphatic rings. The minimum atomic E-state index is 0.135. The Kier molecular flexibility index (Phi) is 4.69. The number of quaternary nitrogens is 1. The summed E-state index contributed by atoms with van der Waals surface area (Å²) in [5, 5.41) is 0.774. The first kappa shape index (κ1) is 16.0. The molecule has 0 radical (unpaired) electrons. The third kappa shape index (κ3) is 3.57. The molecule has 4 heteroatoms. The molecule has 2 aromatic carbocycles. The molecule has 1 saturated heterocycles. The molecule has 0 aromatic heterocycles. The van der Waals surface area contributed by atoms with E-state index in [2.05, 4.69) is 13.0 Å². The topological polar surface area (TPSA) is 24.8 Å². The fourth-order valence-corrected chi connectivity index (χ4v) is 3.36. The summed E-state index contributed by atoms with van der Waals surface area (Å²) < 4.78 is 0. The summed E-state index contributed by atoms with van der Waals surface area (Å²) in [6.45, 7) is 7.50. The van der Waals surface area contributed by atoms with Crippen molar-refractivity contribution in [1.82, 2.24) is 4.90 Å². The van der Waals surface area contributed by atoms with Gasteiger partial charge < -0.3 is 4.90 Å². The lowest BCUT2D eigenvalue weighted by Crippen LogP contribution is -3.10. The number of aryl methyl sites for hydroxylation is 2. The lowest BCUT2D eigenvalue weighted by atomic mass is 10.1. The van der Waals surface area contributed by atoms with E-state index in [9.17, 15) is 4.79 Å².